The summed E-state index contributed by atoms with van der Waals surface area (Å²) in [7, 11) is -6.40. The van der Waals surface area contributed by atoms with Crippen LogP contribution in [-0.4, -0.2) is 63.6 Å². The SMILES string of the molecule is C.CCOc1cc(/C=C/S(C)(=O)=O)ccc1O.CCOc1cc(C(O)CS(C)(=O)=O)ccc1O. The predicted octanol–water partition coefficient (Wildman–Crippen LogP) is 3.31. The Bertz CT molecular complexity index is 1150. The maximum absolute atomic E-state index is 11.1. The molecule has 0 aliphatic rings. The molecule has 0 heterocycles. The average molecular weight is 519 g/mol. The summed E-state index contributed by atoms with van der Waals surface area (Å²) in [4.78, 5) is 0. The van der Waals surface area contributed by atoms with E-state index in [4.69, 9.17) is 9.47 Å². The zero-order valence-electron chi connectivity index (χ0n) is 18.9. The summed E-state index contributed by atoms with van der Waals surface area (Å²) in [6, 6.07) is 8.93. The van der Waals surface area contributed by atoms with Gasteiger partial charge >= 0.3 is 0 Å². The van der Waals surface area contributed by atoms with E-state index in [0.29, 0.717) is 30.1 Å². The molecule has 11 heteroatoms. The summed E-state index contributed by atoms with van der Waals surface area (Å²) >= 11 is 0. The van der Waals surface area contributed by atoms with Gasteiger partial charge in [0, 0.05) is 17.9 Å². The molecule has 192 valence electrons. The molecule has 0 saturated heterocycles. The number of benzene rings is 2. The normalized spacial score (nSPS) is 12.3. The lowest BCUT2D eigenvalue weighted by atomic mass is 10.1. The molecule has 2 aromatic carbocycles. The fourth-order valence-corrected chi connectivity index (χ4v) is 3.67. The minimum Gasteiger partial charge on any atom is -0.504 e. The summed E-state index contributed by atoms with van der Waals surface area (Å²) < 4.78 is 54.3. The Hall–Kier alpha value is -2.76. The summed E-state index contributed by atoms with van der Waals surface area (Å²) in [5, 5.41) is 29.7. The van der Waals surface area contributed by atoms with Crippen molar-refractivity contribution in [2.45, 2.75) is 27.4 Å². The van der Waals surface area contributed by atoms with Crippen LogP contribution in [0, 0.1) is 0 Å². The van der Waals surface area contributed by atoms with E-state index in [2.05, 4.69) is 0 Å². The largest absolute Gasteiger partial charge is 0.504 e. The molecule has 0 bridgehead atoms. The van der Waals surface area contributed by atoms with Gasteiger partial charge in [0.2, 0.25) is 0 Å². The van der Waals surface area contributed by atoms with Crippen molar-refractivity contribution in [1.29, 1.82) is 0 Å². The monoisotopic (exact) mass is 518 g/mol. The van der Waals surface area contributed by atoms with Crippen LogP contribution in [0.5, 0.6) is 23.0 Å². The Morgan fingerprint density at radius 2 is 1.38 bits per heavy atom. The molecule has 34 heavy (non-hydrogen) atoms. The van der Waals surface area contributed by atoms with E-state index < -0.39 is 25.8 Å². The fourth-order valence-electron chi connectivity index (χ4n) is 2.50. The molecule has 2 rings (SSSR count). The van der Waals surface area contributed by atoms with Gasteiger partial charge < -0.3 is 24.8 Å². The quantitative estimate of drug-likeness (QED) is 0.455. The van der Waals surface area contributed by atoms with Gasteiger partial charge in [0.25, 0.3) is 0 Å². The highest BCUT2D eigenvalue weighted by molar-refractivity contribution is 7.93. The molecular weight excluding hydrogens is 484 g/mol. The highest BCUT2D eigenvalue weighted by Crippen LogP contribution is 2.30. The second-order valence-electron chi connectivity index (χ2n) is 7.06. The first-order valence-corrected chi connectivity index (χ1v) is 13.9. The van der Waals surface area contributed by atoms with E-state index in [0.717, 1.165) is 17.9 Å². The lowest BCUT2D eigenvalue weighted by molar-refractivity contribution is 0.201. The molecule has 1 unspecified atom stereocenters. The van der Waals surface area contributed by atoms with Gasteiger partial charge in [-0.05, 0) is 55.3 Å². The number of rotatable bonds is 9. The number of hydrogen-bond acceptors (Lipinski definition) is 9. The lowest BCUT2D eigenvalue weighted by Crippen LogP contribution is -2.12. The van der Waals surface area contributed by atoms with Crippen LogP contribution in [0.15, 0.2) is 41.8 Å². The molecule has 0 spiro atoms. The standard InChI is InChI=1S/C11H16O5S.C11H14O4S.CH4/c1-3-16-11-6-8(4-5-9(11)12)10(13)7-17(2,14)15;1-3-15-11-8-9(4-5-10(11)12)6-7-16(2,13)14;/h4-6,10,12-13H,3,7H2,1-2H3;4-8,12H,3H2,1-2H3;1H4/b;7-6+;. The van der Waals surface area contributed by atoms with E-state index in [9.17, 15) is 32.2 Å². The van der Waals surface area contributed by atoms with Crippen LogP contribution in [0.25, 0.3) is 6.08 Å². The second-order valence-corrected chi connectivity index (χ2v) is 11.2. The van der Waals surface area contributed by atoms with Gasteiger partial charge in [-0.3, -0.25) is 0 Å². The van der Waals surface area contributed by atoms with Crippen molar-refractivity contribution in [3.05, 3.63) is 52.9 Å². The summed E-state index contributed by atoms with van der Waals surface area (Å²) in [5.74, 6) is 0.222. The van der Waals surface area contributed by atoms with Crippen molar-refractivity contribution in [2.75, 3.05) is 31.5 Å². The topological polar surface area (TPSA) is 147 Å². The number of aromatic hydroxyl groups is 2. The first-order valence-electron chi connectivity index (χ1n) is 9.91. The van der Waals surface area contributed by atoms with Crippen LogP contribution in [0.4, 0.5) is 0 Å². The van der Waals surface area contributed by atoms with Gasteiger partial charge in [-0.25, -0.2) is 16.8 Å². The maximum Gasteiger partial charge on any atom is 0.168 e. The number of sulfone groups is 2. The molecular formula is C23H34O9S2. The highest BCUT2D eigenvalue weighted by Gasteiger charge is 2.16. The Morgan fingerprint density at radius 1 is 0.882 bits per heavy atom. The number of aliphatic hydroxyl groups is 1. The smallest absolute Gasteiger partial charge is 0.168 e. The molecule has 9 nitrogen and oxygen atoms in total. The lowest BCUT2D eigenvalue weighted by Gasteiger charge is -2.12. The minimum atomic E-state index is -3.26. The van der Waals surface area contributed by atoms with E-state index in [1.807, 2.05) is 0 Å². The maximum atomic E-state index is 11.1. The number of phenols is 2. The number of phenolic OH excluding ortho intramolecular Hbond substituents is 2. The van der Waals surface area contributed by atoms with Crippen molar-refractivity contribution in [3.63, 3.8) is 0 Å². The molecule has 0 aliphatic carbocycles. The highest BCUT2D eigenvalue weighted by atomic mass is 32.2. The van der Waals surface area contributed by atoms with E-state index in [-0.39, 0.29) is 30.4 Å². The number of ether oxygens (including phenoxy) is 2. The molecule has 0 aromatic heterocycles. The molecule has 1 atom stereocenters. The second kappa shape index (κ2) is 13.8. The Balaban J connectivity index is 0.000000623. The van der Waals surface area contributed by atoms with Gasteiger partial charge in [-0.15, -0.1) is 0 Å². The van der Waals surface area contributed by atoms with Crippen LogP contribution in [-0.2, 0) is 19.7 Å². The predicted molar refractivity (Wildman–Crippen MR) is 134 cm³/mol. The van der Waals surface area contributed by atoms with Crippen LogP contribution in [0.1, 0.15) is 38.5 Å². The Labute approximate surface area is 202 Å². The molecule has 2 aromatic rings. The summed E-state index contributed by atoms with van der Waals surface area (Å²) in [5.41, 5.74) is 1.06. The van der Waals surface area contributed by atoms with Gasteiger partial charge in [0.15, 0.2) is 32.8 Å². The molecule has 0 radical (unpaired) electrons. The summed E-state index contributed by atoms with van der Waals surface area (Å²) in [6.07, 6.45) is 2.51. The molecule has 0 saturated carbocycles. The van der Waals surface area contributed by atoms with Crippen molar-refractivity contribution in [2.24, 2.45) is 0 Å². The molecule has 3 N–H and O–H groups in total. The van der Waals surface area contributed by atoms with Crippen molar-refractivity contribution < 1.29 is 41.6 Å². The third-order valence-corrected chi connectivity index (χ3v) is 5.47. The first-order chi connectivity index (χ1) is 15.3. The van der Waals surface area contributed by atoms with Crippen LogP contribution in [0.2, 0.25) is 0 Å². The van der Waals surface area contributed by atoms with Gasteiger partial charge in [-0.2, -0.15) is 0 Å². The number of hydrogen-bond donors (Lipinski definition) is 3. The third kappa shape index (κ3) is 11.9. The van der Waals surface area contributed by atoms with Crippen molar-refractivity contribution in [3.8, 4) is 23.0 Å². The molecule has 0 fully saturated rings. The van der Waals surface area contributed by atoms with E-state index in [1.54, 1.807) is 26.0 Å². The van der Waals surface area contributed by atoms with Crippen molar-refractivity contribution >= 4 is 25.8 Å². The van der Waals surface area contributed by atoms with Crippen LogP contribution >= 0.6 is 0 Å². The van der Waals surface area contributed by atoms with Gasteiger partial charge in [-0.1, -0.05) is 19.6 Å². The van der Waals surface area contributed by atoms with Crippen LogP contribution in [0.3, 0.4) is 0 Å². The first kappa shape index (κ1) is 31.2. The van der Waals surface area contributed by atoms with E-state index in [1.165, 1.54) is 30.3 Å². The summed E-state index contributed by atoms with van der Waals surface area (Å²) in [6.45, 7) is 4.38. The fraction of sp³-hybridized carbons (Fsp3) is 0.391. The minimum absolute atomic E-state index is 0. The zero-order chi connectivity index (χ0) is 25.2. The van der Waals surface area contributed by atoms with Gasteiger partial charge in [0.1, 0.15) is 9.84 Å². The van der Waals surface area contributed by atoms with E-state index >= 15 is 0 Å². The Morgan fingerprint density at radius 3 is 1.85 bits per heavy atom. The van der Waals surface area contributed by atoms with Crippen LogP contribution < -0.4 is 9.47 Å². The zero-order valence-corrected chi connectivity index (χ0v) is 20.6. The van der Waals surface area contributed by atoms with Crippen molar-refractivity contribution in [1.82, 2.24) is 0 Å². The average Bonchev–Trinajstić information content (AvgIpc) is 2.69. The Kier molecular flexibility index (Phi) is 12.7. The third-order valence-electron chi connectivity index (χ3n) is 3.92. The molecule has 0 amide bonds. The molecule has 0 aliphatic heterocycles. The van der Waals surface area contributed by atoms with Gasteiger partial charge in [0.05, 0.1) is 25.1 Å². The number of aliphatic hydroxyl groups excluding tert-OH is 1.